The second-order valence-corrected chi connectivity index (χ2v) is 11.5. The van der Waals surface area contributed by atoms with Gasteiger partial charge in [-0.15, -0.1) is 6.58 Å². The van der Waals surface area contributed by atoms with Crippen LogP contribution >= 0.6 is 11.8 Å². The number of carboxylic acids is 1. The molecule has 2 aliphatic rings. The van der Waals surface area contributed by atoms with Crippen molar-refractivity contribution in [2.75, 3.05) is 19.1 Å². The third kappa shape index (κ3) is 17.8. The number of carbonyl (C=O) groups is 3. The molecule has 1 unspecified atom stereocenters. The van der Waals surface area contributed by atoms with Crippen LogP contribution in [0.25, 0.3) is 0 Å². The van der Waals surface area contributed by atoms with Crippen LogP contribution < -0.4 is 5.32 Å². The molecular formula is C34H57N3O4S. The summed E-state index contributed by atoms with van der Waals surface area (Å²) in [5.74, 6) is 1.33. The molecule has 1 aliphatic heterocycles. The van der Waals surface area contributed by atoms with Gasteiger partial charge in [-0.2, -0.15) is 11.8 Å². The lowest BCUT2D eigenvalue weighted by Gasteiger charge is -2.24. The molecule has 2 amide bonds. The molecule has 0 saturated carbocycles. The molecule has 2 rings (SSSR count). The molecule has 0 aromatic carbocycles. The van der Waals surface area contributed by atoms with Crippen LogP contribution in [-0.4, -0.2) is 59.2 Å². The number of hydrogen-bond acceptors (Lipinski definition) is 5. The highest BCUT2D eigenvalue weighted by Gasteiger charge is 2.32. The van der Waals surface area contributed by atoms with Crippen molar-refractivity contribution in [1.82, 2.24) is 10.2 Å². The molecule has 42 heavy (non-hydrogen) atoms. The smallest absolute Gasteiger partial charge is 0.303 e. The molecule has 0 aromatic heterocycles. The first-order valence-electron chi connectivity index (χ1n) is 15.1. The predicted molar refractivity (Wildman–Crippen MR) is 182 cm³/mol. The van der Waals surface area contributed by atoms with Crippen molar-refractivity contribution < 1.29 is 19.5 Å². The van der Waals surface area contributed by atoms with Gasteiger partial charge >= 0.3 is 5.97 Å². The third-order valence-electron chi connectivity index (χ3n) is 6.01. The molecule has 0 saturated heterocycles. The van der Waals surface area contributed by atoms with E-state index < -0.39 is 12.1 Å². The van der Waals surface area contributed by atoms with E-state index in [0.29, 0.717) is 24.7 Å². The SMILES string of the molecule is C/C=C(\C=C/CC)C1=NC(NC=O)C(=O)N(C)C2=CCCC=C21.C=CC.CC(C)C[C@@H](C)CC(=O)O.CCCCSC. The first-order chi connectivity index (χ1) is 20.0. The first kappa shape index (κ1) is 41.3. The molecule has 0 spiro atoms. The number of aliphatic carboxylic acids is 1. The second kappa shape index (κ2) is 25.8. The zero-order valence-corrected chi connectivity index (χ0v) is 28.4. The minimum atomic E-state index is -0.898. The molecule has 8 heteroatoms. The summed E-state index contributed by atoms with van der Waals surface area (Å²) in [6.45, 7) is 17.7. The second-order valence-electron chi connectivity index (χ2n) is 10.5. The Bertz CT molecular complexity index is 960. The number of aliphatic imine (C=N–C) groups is 1. The molecule has 0 bridgehead atoms. The summed E-state index contributed by atoms with van der Waals surface area (Å²) >= 11 is 1.93. The number of unbranched alkanes of at least 4 members (excludes halogenated alkanes) is 1. The number of rotatable bonds is 12. The van der Waals surface area contributed by atoms with Gasteiger partial charge in [0.25, 0.3) is 5.91 Å². The monoisotopic (exact) mass is 603 g/mol. The van der Waals surface area contributed by atoms with E-state index in [1.807, 2.05) is 44.7 Å². The van der Waals surface area contributed by atoms with E-state index in [2.05, 4.69) is 69.1 Å². The number of thioether (sulfide) groups is 1. The van der Waals surface area contributed by atoms with E-state index in [-0.39, 0.29) is 5.91 Å². The van der Waals surface area contributed by atoms with Gasteiger partial charge in [0.15, 0.2) is 0 Å². The van der Waals surface area contributed by atoms with Crippen molar-refractivity contribution in [1.29, 1.82) is 0 Å². The molecule has 0 fully saturated rings. The lowest BCUT2D eigenvalue weighted by molar-refractivity contribution is -0.138. The standard InChI is InChI=1S/C18H23N3O2.C8H16O2.C5H12S.C3H6/c1-4-6-9-13(5-2)16-14-10-7-8-11-15(14)21(3)18(23)17(20-16)19-12-22;1-6(2)4-7(3)5-8(9)10;1-3-4-5-6-2;1-3-2/h5-6,9-12,17H,4,7-8H2,1-3H3,(H,19,22);6-7H,4-5H2,1-3H3,(H,9,10);3-5H2,1-2H3;3H,1H2,2H3/b9-6-,13-5+;;;/t;7-;;/m.1../s1. The lowest BCUT2D eigenvalue weighted by Crippen LogP contribution is -2.42. The van der Waals surface area contributed by atoms with Gasteiger partial charge in [0.2, 0.25) is 12.6 Å². The third-order valence-corrected chi connectivity index (χ3v) is 6.71. The maximum Gasteiger partial charge on any atom is 0.303 e. The highest BCUT2D eigenvalue weighted by Crippen LogP contribution is 2.29. The highest BCUT2D eigenvalue weighted by molar-refractivity contribution is 7.98. The number of amides is 2. The van der Waals surface area contributed by atoms with Crippen molar-refractivity contribution in [3.05, 3.63) is 59.9 Å². The Morgan fingerprint density at radius 3 is 2.31 bits per heavy atom. The van der Waals surface area contributed by atoms with Crippen molar-refractivity contribution in [2.24, 2.45) is 16.8 Å². The summed E-state index contributed by atoms with van der Waals surface area (Å²) in [5.41, 5.74) is 3.52. The van der Waals surface area contributed by atoms with Crippen LogP contribution in [0.2, 0.25) is 0 Å². The quantitative estimate of drug-likeness (QED) is 0.102. The zero-order chi connectivity index (χ0) is 32.5. The van der Waals surface area contributed by atoms with E-state index in [0.717, 1.165) is 48.2 Å². The average molecular weight is 604 g/mol. The van der Waals surface area contributed by atoms with Gasteiger partial charge in [0, 0.05) is 24.7 Å². The van der Waals surface area contributed by atoms with E-state index in [1.54, 1.807) is 18.0 Å². The normalized spacial score (nSPS) is 17.0. The van der Waals surface area contributed by atoms with E-state index in [1.165, 1.54) is 18.6 Å². The molecule has 0 radical (unpaired) electrons. The fourth-order valence-electron chi connectivity index (χ4n) is 4.19. The van der Waals surface area contributed by atoms with Crippen LogP contribution in [0.4, 0.5) is 0 Å². The van der Waals surface area contributed by atoms with Gasteiger partial charge in [0.1, 0.15) is 0 Å². The Kier molecular flexibility index (Phi) is 25.4. The van der Waals surface area contributed by atoms with E-state index in [4.69, 9.17) is 5.11 Å². The molecule has 7 nitrogen and oxygen atoms in total. The number of likely N-dealkylation sites (N-methyl/N-ethyl adjacent to an activating group) is 1. The van der Waals surface area contributed by atoms with Crippen LogP contribution in [0.1, 0.15) is 93.4 Å². The maximum absolute atomic E-state index is 12.6. The molecule has 1 aliphatic carbocycles. The van der Waals surface area contributed by atoms with Gasteiger partial charge in [-0.3, -0.25) is 14.4 Å². The highest BCUT2D eigenvalue weighted by atomic mass is 32.2. The van der Waals surface area contributed by atoms with Crippen LogP contribution in [0.15, 0.2) is 64.9 Å². The number of carbonyl (C=O) groups excluding carboxylic acids is 2. The van der Waals surface area contributed by atoms with Crippen molar-refractivity contribution in [3.8, 4) is 0 Å². The summed E-state index contributed by atoms with van der Waals surface area (Å²) in [5, 5.41) is 10.9. The number of fused-ring (bicyclic) bond motifs is 1. The lowest BCUT2D eigenvalue weighted by atomic mass is 9.93. The molecule has 2 N–H and O–H groups in total. The number of nitrogens with one attached hydrogen (secondary N) is 1. The summed E-state index contributed by atoms with van der Waals surface area (Å²) in [4.78, 5) is 39.7. The largest absolute Gasteiger partial charge is 0.481 e. The minimum absolute atomic E-state index is 0.235. The maximum atomic E-state index is 12.6. The van der Waals surface area contributed by atoms with E-state index >= 15 is 0 Å². The Morgan fingerprint density at radius 2 is 1.86 bits per heavy atom. The fraction of sp³-hybridized carbons (Fsp3) is 0.588. The minimum Gasteiger partial charge on any atom is -0.481 e. The molecule has 1 heterocycles. The van der Waals surface area contributed by atoms with Crippen LogP contribution in [0.5, 0.6) is 0 Å². The molecule has 238 valence electrons. The van der Waals surface area contributed by atoms with Gasteiger partial charge in [0.05, 0.1) is 5.71 Å². The van der Waals surface area contributed by atoms with E-state index in [9.17, 15) is 14.4 Å². The molecule has 2 atom stereocenters. The summed E-state index contributed by atoms with van der Waals surface area (Å²) in [6.07, 6.45) is 20.5. The topological polar surface area (TPSA) is 99.1 Å². The predicted octanol–water partition coefficient (Wildman–Crippen LogP) is 7.97. The number of nitrogens with zero attached hydrogens (tertiary/aromatic N) is 2. The van der Waals surface area contributed by atoms with Crippen molar-refractivity contribution in [2.45, 2.75) is 99.6 Å². The van der Waals surface area contributed by atoms with Gasteiger partial charge in [-0.05, 0) is 75.4 Å². The summed E-state index contributed by atoms with van der Waals surface area (Å²) < 4.78 is 0. The van der Waals surface area contributed by atoms with Crippen molar-refractivity contribution in [3.63, 3.8) is 0 Å². The Labute approximate surface area is 260 Å². The van der Waals surface area contributed by atoms with Crippen LogP contribution in [-0.2, 0) is 14.4 Å². The summed E-state index contributed by atoms with van der Waals surface area (Å²) in [6, 6.07) is 0. The number of hydrogen-bond donors (Lipinski definition) is 2. The fourth-order valence-corrected chi connectivity index (χ4v) is 4.77. The Hall–Kier alpha value is -2.87. The Balaban J connectivity index is 0. The number of allylic oxidation sites excluding steroid dienone is 8. The average Bonchev–Trinajstić information content (AvgIpc) is 3.04. The van der Waals surface area contributed by atoms with Crippen molar-refractivity contribution >= 4 is 35.8 Å². The molecular weight excluding hydrogens is 546 g/mol. The number of carboxylic acid groups (broad SMARTS) is 1. The van der Waals surface area contributed by atoms with Crippen LogP contribution in [0, 0.1) is 11.8 Å². The van der Waals surface area contributed by atoms with Crippen LogP contribution in [0.3, 0.4) is 0 Å². The van der Waals surface area contributed by atoms with Gasteiger partial charge in [-0.25, -0.2) is 4.99 Å². The Morgan fingerprint density at radius 1 is 1.24 bits per heavy atom. The first-order valence-corrected chi connectivity index (χ1v) is 16.5. The summed E-state index contributed by atoms with van der Waals surface area (Å²) in [7, 11) is 1.72. The van der Waals surface area contributed by atoms with Gasteiger partial charge < -0.3 is 15.3 Å². The molecule has 0 aromatic rings. The zero-order valence-electron chi connectivity index (χ0n) is 27.6. The van der Waals surface area contributed by atoms with Gasteiger partial charge in [-0.1, -0.05) is 77.5 Å².